The van der Waals surface area contributed by atoms with E-state index >= 15 is 0 Å². The third kappa shape index (κ3) is 4.25. The van der Waals surface area contributed by atoms with Crippen LogP contribution in [0.1, 0.15) is 37.4 Å². The van der Waals surface area contributed by atoms with E-state index < -0.39 is 11.6 Å². The van der Waals surface area contributed by atoms with Crippen molar-refractivity contribution in [2.45, 2.75) is 31.8 Å². The molecule has 4 rings (SSSR count). The van der Waals surface area contributed by atoms with E-state index in [0.29, 0.717) is 18.7 Å². The van der Waals surface area contributed by atoms with Crippen LogP contribution in [0.15, 0.2) is 47.3 Å². The van der Waals surface area contributed by atoms with Crippen LogP contribution in [0.2, 0.25) is 0 Å². The first-order valence-corrected chi connectivity index (χ1v) is 10.5. The maximum atomic E-state index is 13.5. The highest BCUT2D eigenvalue weighted by molar-refractivity contribution is 5.78. The SMILES string of the molecule is CC(c1ccc(F)c(F)c1)N(C)C(=O)CN1CCC(n2c(=O)[nH]c3ccccc32)CC1. The molecule has 1 amide bonds. The summed E-state index contributed by atoms with van der Waals surface area (Å²) in [7, 11) is 1.67. The summed E-state index contributed by atoms with van der Waals surface area (Å²) >= 11 is 0. The Bertz CT molecular complexity index is 1150. The zero-order valence-electron chi connectivity index (χ0n) is 17.6. The Hall–Kier alpha value is -3.00. The molecule has 1 aromatic heterocycles. The lowest BCUT2D eigenvalue weighted by Crippen LogP contribution is -2.43. The van der Waals surface area contributed by atoms with Gasteiger partial charge in [-0.3, -0.25) is 14.3 Å². The van der Waals surface area contributed by atoms with Crippen molar-refractivity contribution in [3.05, 3.63) is 70.1 Å². The van der Waals surface area contributed by atoms with E-state index in [-0.39, 0.29) is 30.2 Å². The highest BCUT2D eigenvalue weighted by Crippen LogP contribution is 2.25. The van der Waals surface area contributed by atoms with Gasteiger partial charge in [0.05, 0.1) is 23.6 Å². The lowest BCUT2D eigenvalue weighted by atomic mass is 10.0. The molecule has 3 aromatic rings. The molecule has 31 heavy (non-hydrogen) atoms. The molecular formula is C23H26F2N4O2. The van der Waals surface area contributed by atoms with Crippen molar-refractivity contribution >= 4 is 16.9 Å². The molecule has 0 bridgehead atoms. The molecule has 8 heteroatoms. The van der Waals surface area contributed by atoms with E-state index in [0.717, 1.165) is 36.0 Å². The number of hydrogen-bond acceptors (Lipinski definition) is 3. The largest absolute Gasteiger partial charge is 0.338 e. The number of nitrogens with one attached hydrogen (secondary N) is 1. The van der Waals surface area contributed by atoms with Gasteiger partial charge in [-0.15, -0.1) is 0 Å². The quantitative estimate of drug-likeness (QED) is 0.677. The lowest BCUT2D eigenvalue weighted by molar-refractivity contribution is -0.133. The number of rotatable bonds is 5. The van der Waals surface area contributed by atoms with Crippen LogP contribution in [0, 0.1) is 11.6 Å². The number of benzene rings is 2. The van der Waals surface area contributed by atoms with Crippen molar-refractivity contribution in [1.29, 1.82) is 0 Å². The Morgan fingerprint density at radius 1 is 1.16 bits per heavy atom. The number of piperidine rings is 1. The predicted molar refractivity (Wildman–Crippen MR) is 115 cm³/mol. The topological polar surface area (TPSA) is 61.3 Å². The van der Waals surface area contributed by atoms with Crippen molar-refractivity contribution < 1.29 is 13.6 Å². The summed E-state index contributed by atoms with van der Waals surface area (Å²) in [6, 6.07) is 11.1. The molecule has 1 fully saturated rings. The fourth-order valence-corrected chi connectivity index (χ4v) is 4.29. The number of carbonyl (C=O) groups is 1. The van der Waals surface area contributed by atoms with Gasteiger partial charge >= 0.3 is 5.69 Å². The van der Waals surface area contributed by atoms with Gasteiger partial charge in [0.25, 0.3) is 0 Å². The minimum Gasteiger partial charge on any atom is -0.338 e. The summed E-state index contributed by atoms with van der Waals surface area (Å²) in [6.07, 6.45) is 1.55. The molecule has 1 aliphatic heterocycles. The molecule has 6 nitrogen and oxygen atoms in total. The Morgan fingerprint density at radius 2 is 1.87 bits per heavy atom. The number of nitrogens with zero attached hydrogens (tertiary/aromatic N) is 3. The number of carbonyl (C=O) groups excluding carboxylic acids is 1. The Morgan fingerprint density at radius 3 is 2.58 bits per heavy atom. The van der Waals surface area contributed by atoms with Crippen LogP contribution < -0.4 is 5.69 Å². The zero-order chi connectivity index (χ0) is 22.1. The van der Waals surface area contributed by atoms with E-state index in [4.69, 9.17) is 0 Å². The van der Waals surface area contributed by atoms with Gasteiger partial charge in [-0.05, 0) is 49.6 Å². The van der Waals surface area contributed by atoms with Gasteiger partial charge in [0.1, 0.15) is 0 Å². The summed E-state index contributed by atoms with van der Waals surface area (Å²) in [4.78, 5) is 31.7. The number of hydrogen-bond donors (Lipinski definition) is 1. The van der Waals surface area contributed by atoms with E-state index in [9.17, 15) is 18.4 Å². The molecule has 0 aliphatic carbocycles. The fourth-order valence-electron chi connectivity index (χ4n) is 4.29. The second-order valence-corrected chi connectivity index (χ2v) is 8.18. The van der Waals surface area contributed by atoms with Crippen LogP contribution in [0.4, 0.5) is 8.78 Å². The number of fused-ring (bicyclic) bond motifs is 1. The predicted octanol–water partition coefficient (Wildman–Crippen LogP) is 3.46. The number of H-pyrrole nitrogens is 1. The van der Waals surface area contributed by atoms with E-state index in [1.165, 1.54) is 6.07 Å². The first kappa shape index (κ1) is 21.2. The summed E-state index contributed by atoms with van der Waals surface area (Å²) in [5.41, 5.74) is 2.18. The van der Waals surface area contributed by atoms with Gasteiger partial charge in [0, 0.05) is 26.2 Å². The summed E-state index contributed by atoms with van der Waals surface area (Å²) < 4.78 is 28.6. The molecule has 1 aliphatic rings. The number of para-hydroxylation sites is 2. The second-order valence-electron chi connectivity index (χ2n) is 8.18. The number of aromatic amines is 1. The first-order chi connectivity index (χ1) is 14.8. The average molecular weight is 428 g/mol. The molecule has 0 saturated carbocycles. The molecule has 1 saturated heterocycles. The third-order valence-electron chi connectivity index (χ3n) is 6.31. The lowest BCUT2D eigenvalue weighted by Gasteiger charge is -2.34. The molecule has 1 N–H and O–H groups in total. The fraction of sp³-hybridized carbons (Fsp3) is 0.391. The van der Waals surface area contributed by atoms with Crippen LogP contribution in [0.5, 0.6) is 0 Å². The van der Waals surface area contributed by atoms with E-state index in [1.54, 1.807) is 18.9 Å². The van der Waals surface area contributed by atoms with Gasteiger partial charge in [0.2, 0.25) is 5.91 Å². The molecule has 2 aromatic carbocycles. The molecule has 1 atom stereocenters. The highest BCUT2D eigenvalue weighted by Gasteiger charge is 2.26. The monoisotopic (exact) mass is 428 g/mol. The van der Waals surface area contributed by atoms with Gasteiger partial charge in [0.15, 0.2) is 11.6 Å². The van der Waals surface area contributed by atoms with Crippen molar-refractivity contribution in [3.63, 3.8) is 0 Å². The standard InChI is InChI=1S/C23H26F2N4O2/c1-15(16-7-8-18(24)19(25)13-16)27(2)22(30)14-28-11-9-17(10-12-28)29-21-6-4-3-5-20(21)26-23(29)31/h3-8,13,15,17H,9-12,14H2,1-2H3,(H,26,31). The number of halogens is 2. The Balaban J connectivity index is 1.37. The van der Waals surface area contributed by atoms with Crippen molar-refractivity contribution in [2.75, 3.05) is 26.7 Å². The van der Waals surface area contributed by atoms with Crippen molar-refractivity contribution in [3.8, 4) is 0 Å². The third-order valence-corrected chi connectivity index (χ3v) is 6.31. The van der Waals surface area contributed by atoms with Gasteiger partial charge in [-0.1, -0.05) is 18.2 Å². The zero-order valence-corrected chi connectivity index (χ0v) is 17.6. The number of aromatic nitrogens is 2. The normalized spacial score (nSPS) is 16.5. The van der Waals surface area contributed by atoms with Crippen LogP contribution in [0.3, 0.4) is 0 Å². The molecule has 1 unspecified atom stereocenters. The second kappa shape index (κ2) is 8.63. The minimum absolute atomic E-state index is 0.0834. The first-order valence-electron chi connectivity index (χ1n) is 10.5. The molecule has 0 radical (unpaired) electrons. The number of amides is 1. The number of likely N-dealkylation sites (N-methyl/N-ethyl adjacent to an activating group) is 1. The van der Waals surface area contributed by atoms with Crippen molar-refractivity contribution in [1.82, 2.24) is 19.4 Å². The van der Waals surface area contributed by atoms with E-state index in [2.05, 4.69) is 9.88 Å². The maximum Gasteiger partial charge on any atom is 0.326 e. The van der Waals surface area contributed by atoms with Crippen LogP contribution >= 0.6 is 0 Å². The molecular weight excluding hydrogens is 402 g/mol. The minimum atomic E-state index is -0.917. The maximum absolute atomic E-state index is 13.5. The average Bonchev–Trinajstić information content (AvgIpc) is 3.11. The van der Waals surface area contributed by atoms with Gasteiger partial charge in [-0.25, -0.2) is 13.6 Å². The summed E-state index contributed by atoms with van der Waals surface area (Å²) in [5.74, 6) is -1.90. The highest BCUT2D eigenvalue weighted by atomic mass is 19.2. The van der Waals surface area contributed by atoms with Crippen LogP contribution in [-0.4, -0.2) is 51.9 Å². The number of likely N-dealkylation sites (tertiary alicyclic amines) is 1. The molecule has 164 valence electrons. The molecule has 2 heterocycles. The smallest absolute Gasteiger partial charge is 0.326 e. The summed E-state index contributed by atoms with van der Waals surface area (Å²) in [5, 5.41) is 0. The number of imidazole rings is 1. The van der Waals surface area contributed by atoms with E-state index in [1.807, 2.05) is 28.8 Å². The van der Waals surface area contributed by atoms with Gasteiger partial charge in [-0.2, -0.15) is 0 Å². The summed E-state index contributed by atoms with van der Waals surface area (Å²) in [6.45, 7) is 3.45. The Kier molecular flexibility index (Phi) is 5.91. The van der Waals surface area contributed by atoms with Crippen LogP contribution in [0.25, 0.3) is 11.0 Å². The Labute approximate surface area is 179 Å². The van der Waals surface area contributed by atoms with Crippen LogP contribution in [-0.2, 0) is 4.79 Å². The molecule has 0 spiro atoms. The van der Waals surface area contributed by atoms with Gasteiger partial charge < -0.3 is 9.88 Å². The van der Waals surface area contributed by atoms with Crippen molar-refractivity contribution in [2.24, 2.45) is 0 Å².